The average molecular weight is 289 g/mol. The van der Waals surface area contributed by atoms with Crippen LogP contribution in [-0.4, -0.2) is 41.7 Å². The lowest BCUT2D eigenvalue weighted by Crippen LogP contribution is -2.47. The Morgan fingerprint density at radius 3 is 2.10 bits per heavy atom. The first-order valence-electron chi connectivity index (χ1n) is 7.36. The fourth-order valence-corrected chi connectivity index (χ4v) is 1.42. The van der Waals surface area contributed by atoms with Crippen LogP contribution in [0.1, 0.15) is 53.9 Å². The molecule has 1 amide bonds. The molecule has 0 aliphatic carbocycles. The van der Waals surface area contributed by atoms with Gasteiger partial charge in [0, 0.05) is 6.04 Å². The van der Waals surface area contributed by atoms with Gasteiger partial charge in [0.05, 0.1) is 6.04 Å². The highest BCUT2D eigenvalue weighted by Crippen LogP contribution is 2.01. The lowest BCUT2D eigenvalue weighted by molar-refractivity contribution is -0.142. The second-order valence-corrected chi connectivity index (χ2v) is 4.79. The summed E-state index contributed by atoms with van der Waals surface area (Å²) in [5.41, 5.74) is 5.38. The molecule has 0 saturated carbocycles. The van der Waals surface area contributed by atoms with E-state index in [1.165, 1.54) is 6.92 Å². The SMILES string of the molecule is CC.CC(C)NCCCCC(NC(=O)C(C)N)C(=O)O. The van der Waals surface area contributed by atoms with Gasteiger partial charge in [-0.2, -0.15) is 0 Å². The first kappa shape index (κ1) is 21.2. The molecule has 0 bridgehead atoms. The van der Waals surface area contributed by atoms with Crippen molar-refractivity contribution in [2.24, 2.45) is 5.73 Å². The van der Waals surface area contributed by atoms with Crippen molar-refractivity contribution in [2.75, 3.05) is 6.54 Å². The molecule has 0 aromatic heterocycles. The Hall–Kier alpha value is -1.14. The van der Waals surface area contributed by atoms with Crippen LogP contribution in [0.4, 0.5) is 0 Å². The molecule has 0 spiro atoms. The van der Waals surface area contributed by atoms with E-state index in [9.17, 15) is 9.59 Å². The molecule has 5 N–H and O–H groups in total. The number of nitrogens with one attached hydrogen (secondary N) is 2. The van der Waals surface area contributed by atoms with Gasteiger partial charge in [-0.1, -0.05) is 27.7 Å². The largest absolute Gasteiger partial charge is 0.480 e. The van der Waals surface area contributed by atoms with E-state index in [-0.39, 0.29) is 0 Å². The number of carboxylic acid groups (broad SMARTS) is 1. The molecule has 6 heteroatoms. The molecule has 120 valence electrons. The van der Waals surface area contributed by atoms with Crippen LogP contribution in [0.25, 0.3) is 0 Å². The highest BCUT2D eigenvalue weighted by atomic mass is 16.4. The Balaban J connectivity index is 0. The fraction of sp³-hybridized carbons (Fsp3) is 0.857. The number of rotatable bonds is 9. The second-order valence-electron chi connectivity index (χ2n) is 4.79. The van der Waals surface area contributed by atoms with Crippen molar-refractivity contribution in [3.05, 3.63) is 0 Å². The van der Waals surface area contributed by atoms with E-state index in [1.54, 1.807) is 0 Å². The van der Waals surface area contributed by atoms with Gasteiger partial charge in [-0.25, -0.2) is 4.79 Å². The van der Waals surface area contributed by atoms with Gasteiger partial charge in [0.25, 0.3) is 0 Å². The summed E-state index contributed by atoms with van der Waals surface area (Å²) in [6.45, 7) is 10.5. The van der Waals surface area contributed by atoms with Crippen LogP contribution in [0.3, 0.4) is 0 Å². The van der Waals surface area contributed by atoms with Crippen molar-refractivity contribution >= 4 is 11.9 Å². The van der Waals surface area contributed by atoms with E-state index in [2.05, 4.69) is 24.5 Å². The number of carbonyl (C=O) groups excluding carboxylic acids is 1. The first-order chi connectivity index (χ1) is 9.34. The third-order valence-electron chi connectivity index (χ3n) is 2.50. The molecule has 2 atom stereocenters. The molecule has 0 aromatic rings. The van der Waals surface area contributed by atoms with Crippen molar-refractivity contribution < 1.29 is 14.7 Å². The molecular formula is C14H31N3O3. The smallest absolute Gasteiger partial charge is 0.326 e. The van der Waals surface area contributed by atoms with E-state index >= 15 is 0 Å². The monoisotopic (exact) mass is 289 g/mol. The molecule has 2 unspecified atom stereocenters. The zero-order valence-corrected chi connectivity index (χ0v) is 13.4. The minimum absolute atomic E-state index is 0.424. The van der Waals surface area contributed by atoms with Crippen LogP contribution in [0.5, 0.6) is 0 Å². The number of unbranched alkanes of at least 4 members (excludes halogenated alkanes) is 1. The highest BCUT2D eigenvalue weighted by Gasteiger charge is 2.20. The lowest BCUT2D eigenvalue weighted by Gasteiger charge is -2.16. The van der Waals surface area contributed by atoms with Crippen LogP contribution in [0.2, 0.25) is 0 Å². The van der Waals surface area contributed by atoms with Gasteiger partial charge in [-0.15, -0.1) is 0 Å². The minimum atomic E-state index is -1.01. The Morgan fingerprint density at radius 1 is 1.15 bits per heavy atom. The van der Waals surface area contributed by atoms with Gasteiger partial charge in [0.15, 0.2) is 0 Å². The summed E-state index contributed by atoms with van der Waals surface area (Å²) in [4.78, 5) is 22.3. The number of nitrogens with two attached hydrogens (primary N) is 1. The number of aliphatic carboxylic acids is 1. The molecule has 0 aliphatic heterocycles. The van der Waals surface area contributed by atoms with Gasteiger partial charge in [0.1, 0.15) is 6.04 Å². The van der Waals surface area contributed by atoms with E-state index in [1.807, 2.05) is 13.8 Å². The molecule has 0 aliphatic rings. The number of hydrogen-bond donors (Lipinski definition) is 4. The van der Waals surface area contributed by atoms with Gasteiger partial charge in [-0.05, 0) is 32.7 Å². The maximum Gasteiger partial charge on any atom is 0.326 e. The quantitative estimate of drug-likeness (QED) is 0.476. The third-order valence-corrected chi connectivity index (χ3v) is 2.50. The van der Waals surface area contributed by atoms with Crippen molar-refractivity contribution in [1.82, 2.24) is 10.6 Å². The molecule has 0 fully saturated rings. The van der Waals surface area contributed by atoms with Crippen molar-refractivity contribution in [3.63, 3.8) is 0 Å². The summed E-state index contributed by atoms with van der Waals surface area (Å²) in [6, 6.07) is -1.10. The summed E-state index contributed by atoms with van der Waals surface area (Å²) in [5.74, 6) is -1.44. The zero-order chi connectivity index (χ0) is 16.1. The summed E-state index contributed by atoms with van der Waals surface area (Å²) in [5, 5.41) is 14.7. The molecule has 6 nitrogen and oxygen atoms in total. The van der Waals surface area contributed by atoms with E-state index in [0.717, 1.165) is 19.4 Å². The predicted octanol–water partition coefficient (Wildman–Crippen LogP) is 1.10. The summed E-state index contributed by atoms with van der Waals surface area (Å²) < 4.78 is 0. The van der Waals surface area contributed by atoms with Gasteiger partial charge >= 0.3 is 5.97 Å². The van der Waals surface area contributed by atoms with Crippen LogP contribution >= 0.6 is 0 Å². The molecule has 0 heterocycles. The minimum Gasteiger partial charge on any atom is -0.480 e. The highest BCUT2D eigenvalue weighted by molar-refractivity contribution is 5.86. The number of hydrogen-bond acceptors (Lipinski definition) is 4. The van der Waals surface area contributed by atoms with Gasteiger partial charge in [-0.3, -0.25) is 4.79 Å². The van der Waals surface area contributed by atoms with Crippen LogP contribution < -0.4 is 16.4 Å². The average Bonchev–Trinajstić information content (AvgIpc) is 2.38. The molecule has 0 rings (SSSR count). The van der Waals surface area contributed by atoms with E-state index in [4.69, 9.17) is 10.8 Å². The Morgan fingerprint density at radius 2 is 1.70 bits per heavy atom. The standard InChI is InChI=1S/C12H25N3O3.C2H6/c1-8(2)14-7-5-4-6-10(12(17)18)15-11(16)9(3)13;1-2/h8-10,14H,4-7,13H2,1-3H3,(H,15,16)(H,17,18);1-2H3. The number of carbonyl (C=O) groups is 2. The summed E-state index contributed by atoms with van der Waals surface area (Å²) in [6.07, 6.45) is 2.06. The maximum absolute atomic E-state index is 11.3. The maximum atomic E-state index is 11.3. The Labute approximate surface area is 122 Å². The molecule has 0 radical (unpaired) electrons. The molecule has 20 heavy (non-hydrogen) atoms. The number of amides is 1. The third kappa shape index (κ3) is 11.9. The number of carboxylic acids is 1. The van der Waals surface area contributed by atoms with Crippen LogP contribution in [0, 0.1) is 0 Å². The predicted molar refractivity (Wildman–Crippen MR) is 81.6 cm³/mol. The van der Waals surface area contributed by atoms with Crippen molar-refractivity contribution in [2.45, 2.75) is 72.0 Å². The first-order valence-corrected chi connectivity index (χ1v) is 7.36. The van der Waals surface area contributed by atoms with E-state index < -0.39 is 24.0 Å². The Bertz CT molecular complexity index is 268. The Kier molecular flexibility index (Phi) is 13.6. The zero-order valence-electron chi connectivity index (χ0n) is 13.4. The van der Waals surface area contributed by atoms with Crippen molar-refractivity contribution in [1.29, 1.82) is 0 Å². The van der Waals surface area contributed by atoms with Gasteiger partial charge < -0.3 is 21.5 Å². The molecule has 0 aromatic carbocycles. The molecular weight excluding hydrogens is 258 g/mol. The fourth-order valence-electron chi connectivity index (χ4n) is 1.42. The van der Waals surface area contributed by atoms with Crippen LogP contribution in [0.15, 0.2) is 0 Å². The normalized spacial score (nSPS) is 13.2. The lowest BCUT2D eigenvalue weighted by atomic mass is 10.1. The van der Waals surface area contributed by atoms with Gasteiger partial charge in [0.2, 0.25) is 5.91 Å². The van der Waals surface area contributed by atoms with Crippen LogP contribution in [-0.2, 0) is 9.59 Å². The second kappa shape index (κ2) is 12.9. The molecule has 0 saturated heterocycles. The topological polar surface area (TPSA) is 104 Å². The summed E-state index contributed by atoms with van der Waals surface area (Å²) >= 11 is 0. The van der Waals surface area contributed by atoms with E-state index in [0.29, 0.717) is 12.5 Å². The summed E-state index contributed by atoms with van der Waals surface area (Å²) in [7, 11) is 0. The van der Waals surface area contributed by atoms with Crippen molar-refractivity contribution in [3.8, 4) is 0 Å².